The molecule has 2 amide bonds. The maximum Gasteiger partial charge on any atom is 0.255 e. The second kappa shape index (κ2) is 9.31. The Balaban J connectivity index is 1.39. The van der Waals surface area contributed by atoms with E-state index in [2.05, 4.69) is 10.3 Å². The number of nitrogens with zero attached hydrogens (tertiary/aromatic N) is 2. The number of hydrogen-bond acceptors (Lipinski definition) is 5. The fourth-order valence-electron chi connectivity index (χ4n) is 3.74. The molecule has 2 aliphatic rings. The minimum atomic E-state index is -0.469. The molecule has 2 heterocycles. The van der Waals surface area contributed by atoms with Crippen LogP contribution in [-0.4, -0.2) is 45.5 Å². The molecule has 2 fully saturated rings. The Labute approximate surface area is 175 Å². The van der Waals surface area contributed by atoms with Gasteiger partial charge >= 0.3 is 0 Å². The van der Waals surface area contributed by atoms with Gasteiger partial charge in [-0.2, -0.15) is 0 Å². The molecule has 1 saturated carbocycles. The van der Waals surface area contributed by atoms with Crippen LogP contribution in [0.15, 0.2) is 48.7 Å². The van der Waals surface area contributed by atoms with E-state index in [1.165, 1.54) is 12.8 Å². The molecule has 4 rings (SSSR count). The van der Waals surface area contributed by atoms with Crippen LogP contribution in [0.4, 0.5) is 0 Å². The van der Waals surface area contributed by atoms with Gasteiger partial charge in [0.1, 0.15) is 12.1 Å². The second-order valence-corrected chi connectivity index (χ2v) is 8.37. The van der Waals surface area contributed by atoms with Crippen molar-refractivity contribution in [2.75, 3.05) is 11.6 Å². The van der Waals surface area contributed by atoms with Gasteiger partial charge in [-0.15, -0.1) is 11.8 Å². The van der Waals surface area contributed by atoms with Crippen molar-refractivity contribution >= 4 is 23.6 Å². The van der Waals surface area contributed by atoms with Crippen molar-refractivity contribution in [3.05, 3.63) is 59.8 Å². The standard InChI is InChI=1S/C22H25N3O3S/c26-20(19-14-29-15-25(19)22(27)16-7-2-1-3-8-16)24-13-17-9-6-12-23-21(17)28-18-10-4-5-11-18/h1-3,6-9,12,18-19H,4-5,10-11,13-15H2,(H,24,26)/t19-/m1/s1. The Kier molecular flexibility index (Phi) is 6.34. The molecule has 0 unspecified atom stereocenters. The summed E-state index contributed by atoms with van der Waals surface area (Å²) in [6.07, 6.45) is 6.41. The SMILES string of the molecule is O=C(NCc1cccnc1OC1CCCC1)[C@H]1CSCN1C(=O)c1ccccc1. The second-order valence-electron chi connectivity index (χ2n) is 7.37. The molecule has 2 aromatic rings. The van der Waals surface area contributed by atoms with Crippen molar-refractivity contribution in [3.8, 4) is 5.88 Å². The maximum absolute atomic E-state index is 12.8. The van der Waals surface area contributed by atoms with Gasteiger partial charge in [-0.25, -0.2) is 4.98 Å². The summed E-state index contributed by atoms with van der Waals surface area (Å²) in [7, 11) is 0. The first-order chi connectivity index (χ1) is 14.2. The fourth-order valence-corrected chi connectivity index (χ4v) is 4.89. The van der Waals surface area contributed by atoms with Crippen LogP contribution < -0.4 is 10.1 Å². The lowest BCUT2D eigenvalue weighted by molar-refractivity contribution is -0.124. The average molecular weight is 412 g/mol. The molecule has 6 nitrogen and oxygen atoms in total. The molecule has 1 atom stereocenters. The number of rotatable bonds is 6. The van der Waals surface area contributed by atoms with Crippen molar-refractivity contribution < 1.29 is 14.3 Å². The zero-order valence-electron chi connectivity index (χ0n) is 16.3. The van der Waals surface area contributed by atoms with Gasteiger partial charge in [-0.3, -0.25) is 9.59 Å². The highest BCUT2D eigenvalue weighted by Crippen LogP contribution is 2.26. The van der Waals surface area contributed by atoms with Crippen LogP contribution in [0.3, 0.4) is 0 Å². The van der Waals surface area contributed by atoms with E-state index < -0.39 is 6.04 Å². The van der Waals surface area contributed by atoms with E-state index in [9.17, 15) is 9.59 Å². The fraction of sp³-hybridized carbons (Fsp3) is 0.409. The Bertz CT molecular complexity index is 855. The summed E-state index contributed by atoms with van der Waals surface area (Å²) >= 11 is 1.59. The molecular weight excluding hydrogens is 386 g/mol. The van der Waals surface area contributed by atoms with E-state index in [1.807, 2.05) is 30.3 Å². The largest absolute Gasteiger partial charge is 0.474 e. The number of thioether (sulfide) groups is 1. The topological polar surface area (TPSA) is 71.5 Å². The van der Waals surface area contributed by atoms with Gasteiger partial charge in [0.15, 0.2) is 0 Å². The third-order valence-electron chi connectivity index (χ3n) is 5.35. The molecule has 7 heteroatoms. The number of pyridine rings is 1. The molecule has 0 bridgehead atoms. The number of hydrogen-bond donors (Lipinski definition) is 1. The van der Waals surface area contributed by atoms with Gasteiger partial charge in [0.05, 0.1) is 5.88 Å². The predicted octanol–water partition coefficient (Wildman–Crippen LogP) is 3.23. The number of nitrogens with one attached hydrogen (secondary N) is 1. The summed E-state index contributed by atoms with van der Waals surface area (Å²) in [5.41, 5.74) is 1.46. The van der Waals surface area contributed by atoms with E-state index in [-0.39, 0.29) is 17.9 Å². The van der Waals surface area contributed by atoms with Gasteiger partial charge < -0.3 is 15.0 Å². The Morgan fingerprint density at radius 2 is 1.93 bits per heavy atom. The van der Waals surface area contributed by atoms with Crippen molar-refractivity contribution in [2.24, 2.45) is 0 Å². The number of aromatic nitrogens is 1. The van der Waals surface area contributed by atoms with E-state index in [0.717, 1.165) is 18.4 Å². The van der Waals surface area contributed by atoms with Crippen LogP contribution in [0.25, 0.3) is 0 Å². The summed E-state index contributed by atoms with van der Waals surface area (Å²) in [6, 6.07) is 12.4. The highest BCUT2D eigenvalue weighted by molar-refractivity contribution is 7.99. The molecule has 1 N–H and O–H groups in total. The summed E-state index contributed by atoms with van der Waals surface area (Å²) < 4.78 is 6.05. The monoisotopic (exact) mass is 411 g/mol. The van der Waals surface area contributed by atoms with E-state index in [4.69, 9.17) is 4.74 Å². The third-order valence-corrected chi connectivity index (χ3v) is 6.36. The lowest BCUT2D eigenvalue weighted by atomic mass is 10.1. The highest BCUT2D eigenvalue weighted by Gasteiger charge is 2.35. The molecule has 29 heavy (non-hydrogen) atoms. The quantitative estimate of drug-likeness (QED) is 0.790. The lowest BCUT2D eigenvalue weighted by Crippen LogP contribution is -2.47. The smallest absolute Gasteiger partial charge is 0.255 e. The first-order valence-electron chi connectivity index (χ1n) is 10.0. The molecule has 1 aliphatic heterocycles. The van der Waals surface area contributed by atoms with Crippen LogP contribution in [0.5, 0.6) is 5.88 Å². The summed E-state index contributed by atoms with van der Waals surface area (Å²) in [6.45, 7) is 0.337. The molecule has 1 saturated heterocycles. The molecular formula is C22H25N3O3S. The minimum Gasteiger partial charge on any atom is -0.474 e. The zero-order chi connectivity index (χ0) is 20.1. The van der Waals surface area contributed by atoms with Gasteiger partial charge in [0, 0.05) is 29.6 Å². The first kappa shape index (κ1) is 19.8. The van der Waals surface area contributed by atoms with Crippen LogP contribution >= 0.6 is 11.8 Å². The van der Waals surface area contributed by atoms with Crippen molar-refractivity contribution in [2.45, 2.75) is 44.4 Å². The summed E-state index contributed by atoms with van der Waals surface area (Å²) in [5.74, 6) is 1.47. The van der Waals surface area contributed by atoms with Crippen LogP contribution in [-0.2, 0) is 11.3 Å². The Morgan fingerprint density at radius 1 is 1.14 bits per heavy atom. The minimum absolute atomic E-state index is 0.109. The number of amides is 2. The number of carbonyl (C=O) groups excluding carboxylic acids is 2. The molecule has 0 radical (unpaired) electrons. The van der Waals surface area contributed by atoms with Gasteiger partial charge in [0.25, 0.3) is 5.91 Å². The van der Waals surface area contributed by atoms with Crippen molar-refractivity contribution in [1.29, 1.82) is 0 Å². The van der Waals surface area contributed by atoms with Gasteiger partial charge in [0.2, 0.25) is 11.8 Å². The van der Waals surface area contributed by atoms with E-state index in [0.29, 0.717) is 29.6 Å². The van der Waals surface area contributed by atoms with E-state index in [1.54, 1.807) is 35.0 Å². The van der Waals surface area contributed by atoms with Crippen LogP contribution in [0, 0.1) is 0 Å². The van der Waals surface area contributed by atoms with Gasteiger partial charge in [-0.1, -0.05) is 24.3 Å². The highest BCUT2D eigenvalue weighted by atomic mass is 32.2. The zero-order valence-corrected chi connectivity index (χ0v) is 17.1. The molecule has 1 aromatic carbocycles. The normalized spacial score (nSPS) is 19.3. The molecule has 0 spiro atoms. The Morgan fingerprint density at radius 3 is 2.72 bits per heavy atom. The third kappa shape index (κ3) is 4.72. The van der Waals surface area contributed by atoms with Crippen molar-refractivity contribution in [3.63, 3.8) is 0 Å². The lowest BCUT2D eigenvalue weighted by Gasteiger charge is -2.23. The summed E-state index contributed by atoms with van der Waals surface area (Å²) in [4.78, 5) is 31.6. The molecule has 1 aromatic heterocycles. The van der Waals surface area contributed by atoms with Crippen molar-refractivity contribution in [1.82, 2.24) is 15.2 Å². The number of benzene rings is 1. The number of carbonyl (C=O) groups is 2. The maximum atomic E-state index is 12.8. The first-order valence-corrected chi connectivity index (χ1v) is 11.2. The summed E-state index contributed by atoms with van der Waals surface area (Å²) in [5, 5.41) is 2.98. The van der Waals surface area contributed by atoms with Crippen LogP contribution in [0.2, 0.25) is 0 Å². The predicted molar refractivity (Wildman–Crippen MR) is 113 cm³/mol. The number of ether oxygens (including phenoxy) is 1. The van der Waals surface area contributed by atoms with Crippen LogP contribution in [0.1, 0.15) is 41.6 Å². The average Bonchev–Trinajstić information content (AvgIpc) is 3.45. The van der Waals surface area contributed by atoms with E-state index >= 15 is 0 Å². The Hall–Kier alpha value is -2.54. The van der Waals surface area contributed by atoms with Gasteiger partial charge in [-0.05, 0) is 43.9 Å². The molecule has 152 valence electrons. The molecule has 1 aliphatic carbocycles.